The Balaban J connectivity index is 2.53. The van der Waals surface area contributed by atoms with Crippen molar-refractivity contribution in [1.29, 1.82) is 0 Å². The molecular formula is C19H18IP. The van der Waals surface area contributed by atoms with Gasteiger partial charge in [-0.05, 0) is 0 Å². The Hall–Kier alpha value is -1.18. The van der Waals surface area contributed by atoms with Crippen LogP contribution < -0.4 is 15.9 Å². The Kier molecular flexibility index (Phi) is 3.01. The quantitative estimate of drug-likeness (QED) is 0.340. The third-order valence-electron chi connectivity index (χ3n) is 3.72. The Bertz CT molecular complexity index is 718. The van der Waals surface area contributed by atoms with Crippen molar-refractivity contribution in [3.05, 3.63) is 91.0 Å². The molecule has 0 radical (unpaired) electrons. The van der Waals surface area contributed by atoms with Gasteiger partial charge in [0.1, 0.15) is 0 Å². The van der Waals surface area contributed by atoms with Gasteiger partial charge in [-0.1, -0.05) is 0 Å². The van der Waals surface area contributed by atoms with Crippen molar-refractivity contribution in [1.82, 2.24) is 0 Å². The molecule has 3 aromatic rings. The van der Waals surface area contributed by atoms with Crippen LogP contribution in [-0.4, -0.2) is 6.59 Å². The van der Waals surface area contributed by atoms with Crippen molar-refractivity contribution >= 4 is 42.2 Å². The Morgan fingerprint density at radius 3 is 1.14 bits per heavy atom. The molecule has 0 atom stereocenters. The van der Waals surface area contributed by atoms with Gasteiger partial charge < -0.3 is 0 Å². The fourth-order valence-corrected chi connectivity index (χ4v) is 8.56. The van der Waals surface area contributed by atoms with Gasteiger partial charge in [0.15, 0.2) is 0 Å². The molecule has 0 saturated heterocycles. The molecule has 0 aliphatic rings. The zero-order chi connectivity index (χ0) is 17.3. The first-order valence-corrected chi connectivity index (χ1v) is 11.8. The molecule has 0 nitrogen and oxygen atoms in total. The summed E-state index contributed by atoms with van der Waals surface area (Å²) in [4.78, 5) is 0. The topological polar surface area (TPSA) is 0 Å². The minimum atomic E-state index is -3.67. The van der Waals surface area contributed by atoms with Gasteiger partial charge >= 0.3 is 144 Å². The SMILES string of the molecule is [2H][13C]([2H])([2H])P(I)(c1ccccc1)(c1ccccc1)c1ccccc1. The molecule has 0 fully saturated rings. The summed E-state index contributed by atoms with van der Waals surface area (Å²) in [5, 5.41) is 2.63. The van der Waals surface area contributed by atoms with E-state index in [2.05, 4.69) is 22.0 Å². The van der Waals surface area contributed by atoms with E-state index in [0.29, 0.717) is 0 Å². The third-order valence-corrected chi connectivity index (χ3v) is 12.5. The molecule has 3 aromatic carbocycles. The van der Waals surface area contributed by atoms with Crippen LogP contribution in [0, 0.1) is 0 Å². The van der Waals surface area contributed by atoms with Crippen LogP contribution in [-0.2, 0) is 0 Å². The summed E-state index contributed by atoms with van der Waals surface area (Å²) in [6.45, 7) is -2.17. The van der Waals surface area contributed by atoms with E-state index in [1.807, 2.05) is 91.0 Å². The van der Waals surface area contributed by atoms with Crippen molar-refractivity contribution in [3.8, 4) is 0 Å². The summed E-state index contributed by atoms with van der Waals surface area (Å²) in [6.07, 6.45) is 0. The molecule has 0 saturated carbocycles. The molecule has 0 unspecified atom stereocenters. The summed E-state index contributed by atoms with van der Waals surface area (Å²) in [7, 11) is 0. The molecule has 0 aliphatic heterocycles. The van der Waals surface area contributed by atoms with Crippen LogP contribution in [0.3, 0.4) is 0 Å². The number of benzene rings is 3. The molecule has 0 amide bonds. The summed E-state index contributed by atoms with van der Waals surface area (Å²) in [5.74, 6) is 0. The van der Waals surface area contributed by atoms with Gasteiger partial charge in [-0.2, -0.15) is 0 Å². The molecule has 0 aliphatic carbocycles. The Morgan fingerprint density at radius 2 is 0.905 bits per heavy atom. The molecule has 106 valence electrons. The average Bonchev–Trinajstić information content (AvgIpc) is 2.62. The Labute approximate surface area is 143 Å². The van der Waals surface area contributed by atoms with E-state index in [9.17, 15) is 0 Å². The Morgan fingerprint density at radius 1 is 0.619 bits per heavy atom. The second-order valence-corrected chi connectivity index (χ2v) is 14.4. The molecule has 0 heterocycles. The summed E-state index contributed by atoms with van der Waals surface area (Å²) in [6, 6.07) is 29.1. The standard InChI is InChI=1S/C19H18IP/c1-21(20,17-11-5-2-6-12-17,18-13-7-3-8-14-18)19-15-9-4-10-16-19/h2-16H,1H3/i1+1D3. The van der Waals surface area contributed by atoms with E-state index in [0.717, 1.165) is 15.9 Å². The zero-order valence-corrected chi connectivity index (χ0v) is 14.5. The molecular weight excluding hydrogens is 387 g/mol. The van der Waals surface area contributed by atoms with E-state index >= 15 is 0 Å². The van der Waals surface area contributed by atoms with Crippen LogP contribution >= 0.6 is 26.3 Å². The molecule has 2 heteroatoms. The third kappa shape index (κ3) is 2.43. The molecule has 0 bridgehead atoms. The van der Waals surface area contributed by atoms with Crippen molar-refractivity contribution in [3.63, 3.8) is 0 Å². The van der Waals surface area contributed by atoms with Gasteiger partial charge in [-0.3, -0.25) is 0 Å². The maximum absolute atomic E-state index is 8.63. The zero-order valence-electron chi connectivity index (χ0n) is 14.5. The average molecular weight is 408 g/mol. The van der Waals surface area contributed by atoms with E-state index < -0.39 is 10.8 Å². The van der Waals surface area contributed by atoms with Crippen molar-refractivity contribution in [2.45, 2.75) is 0 Å². The van der Waals surface area contributed by atoms with Crippen molar-refractivity contribution < 1.29 is 4.11 Å². The van der Waals surface area contributed by atoms with Crippen LogP contribution in [0.5, 0.6) is 0 Å². The van der Waals surface area contributed by atoms with Gasteiger partial charge in [0.05, 0.1) is 0 Å². The number of hydrogen-bond donors (Lipinski definition) is 0. The van der Waals surface area contributed by atoms with E-state index in [-0.39, 0.29) is 0 Å². The van der Waals surface area contributed by atoms with Crippen molar-refractivity contribution in [2.24, 2.45) is 0 Å². The maximum atomic E-state index is 8.63. The van der Waals surface area contributed by atoms with Crippen LogP contribution in [0.4, 0.5) is 0 Å². The predicted octanol–water partition coefficient (Wildman–Crippen LogP) is 4.50. The first-order valence-electron chi connectivity index (χ1n) is 8.30. The fourth-order valence-electron chi connectivity index (χ4n) is 2.57. The number of rotatable bonds is 3. The fraction of sp³-hybridized carbons (Fsp3) is 0.0526. The molecule has 0 spiro atoms. The summed E-state index contributed by atoms with van der Waals surface area (Å²) < 4.78 is 22.2. The van der Waals surface area contributed by atoms with Crippen molar-refractivity contribution in [2.75, 3.05) is 6.59 Å². The molecule has 3 rings (SSSR count). The van der Waals surface area contributed by atoms with Gasteiger partial charge in [0.2, 0.25) is 0 Å². The first kappa shape index (κ1) is 11.4. The van der Waals surface area contributed by atoms with Crippen LogP contribution in [0.2, 0.25) is 0 Å². The van der Waals surface area contributed by atoms with E-state index in [1.54, 1.807) is 0 Å². The van der Waals surface area contributed by atoms with Gasteiger partial charge in [-0.25, -0.2) is 0 Å². The van der Waals surface area contributed by atoms with Crippen LogP contribution in [0.1, 0.15) is 4.11 Å². The van der Waals surface area contributed by atoms with Gasteiger partial charge in [0.25, 0.3) is 0 Å². The summed E-state index contributed by atoms with van der Waals surface area (Å²) in [5.41, 5.74) is 0. The molecule has 0 aromatic heterocycles. The van der Waals surface area contributed by atoms with Crippen LogP contribution in [0.15, 0.2) is 91.0 Å². The van der Waals surface area contributed by atoms with Gasteiger partial charge in [-0.15, -0.1) is 0 Å². The monoisotopic (exact) mass is 408 g/mol. The molecule has 0 N–H and O–H groups in total. The number of hydrogen-bond acceptors (Lipinski definition) is 0. The minimum absolute atomic E-state index is 0.876. The second kappa shape index (κ2) is 5.55. The second-order valence-electron chi connectivity index (χ2n) is 5.02. The summed E-state index contributed by atoms with van der Waals surface area (Å²) >= 11 is 2.28. The first-order chi connectivity index (χ1) is 11.4. The normalized spacial score (nSPS) is 16.0. The molecule has 21 heavy (non-hydrogen) atoms. The van der Waals surface area contributed by atoms with Crippen LogP contribution in [0.25, 0.3) is 0 Å². The van der Waals surface area contributed by atoms with E-state index in [4.69, 9.17) is 4.11 Å². The van der Waals surface area contributed by atoms with Gasteiger partial charge in [0, 0.05) is 0 Å². The number of halogens is 1. The van der Waals surface area contributed by atoms with E-state index in [1.165, 1.54) is 0 Å². The predicted molar refractivity (Wildman–Crippen MR) is 105 cm³/mol.